The zero-order valence-electron chi connectivity index (χ0n) is 28.0. The normalized spacial score (nSPS) is 17.3. The maximum Gasteiger partial charge on any atom is 0.336 e. The number of aromatic nitrogens is 2. The molecular formula is C35H32F2N8O8. The number of amides is 5. The first-order valence-electron chi connectivity index (χ1n) is 16.8. The first-order chi connectivity index (χ1) is 25.5. The van der Waals surface area contributed by atoms with Crippen LogP contribution in [0.5, 0.6) is 0 Å². The average molecular weight is 731 g/mol. The third kappa shape index (κ3) is 7.39. The van der Waals surface area contributed by atoms with E-state index >= 15 is 0 Å². The number of piperazine rings is 1. The smallest absolute Gasteiger partial charge is 0.336 e. The molecule has 5 heterocycles. The number of piperidine rings is 1. The van der Waals surface area contributed by atoms with Crippen LogP contribution in [0, 0.1) is 11.6 Å². The van der Waals surface area contributed by atoms with Crippen molar-refractivity contribution in [3.05, 3.63) is 81.8 Å². The molecule has 0 bridgehead atoms. The van der Waals surface area contributed by atoms with Crippen molar-refractivity contribution in [2.24, 2.45) is 0 Å². The molecule has 5 amide bonds. The van der Waals surface area contributed by atoms with Crippen molar-refractivity contribution in [3.8, 4) is 0 Å². The van der Waals surface area contributed by atoms with Gasteiger partial charge in [-0.2, -0.15) is 4.98 Å². The van der Waals surface area contributed by atoms with Crippen LogP contribution in [0.1, 0.15) is 40.0 Å². The number of benzene rings is 2. The van der Waals surface area contributed by atoms with Crippen molar-refractivity contribution in [1.29, 1.82) is 0 Å². The van der Waals surface area contributed by atoms with Crippen LogP contribution in [0.3, 0.4) is 0 Å². The Balaban J connectivity index is 0.846. The molecule has 3 N–H and O–H groups in total. The highest BCUT2D eigenvalue weighted by Gasteiger charge is 2.45. The largest absolute Gasteiger partial charge is 0.423 e. The summed E-state index contributed by atoms with van der Waals surface area (Å²) in [5.41, 5.74) is 0.203. The highest BCUT2D eigenvalue weighted by atomic mass is 19.1. The molecule has 0 radical (unpaired) electrons. The molecule has 1 unspecified atom stereocenters. The monoisotopic (exact) mass is 730 g/mol. The molecule has 0 saturated carbocycles. The van der Waals surface area contributed by atoms with Gasteiger partial charge in [0, 0.05) is 56.3 Å². The maximum atomic E-state index is 14.8. The number of hydrogen-bond acceptors (Lipinski definition) is 13. The van der Waals surface area contributed by atoms with Gasteiger partial charge >= 0.3 is 5.63 Å². The number of hydrogen-bond donors (Lipinski definition) is 3. The Hall–Kier alpha value is -6.30. The number of carbonyl (C=O) groups excluding carboxylic acids is 5. The molecule has 18 heteroatoms. The molecule has 2 saturated heterocycles. The van der Waals surface area contributed by atoms with Gasteiger partial charge in [-0.05, 0) is 42.8 Å². The van der Waals surface area contributed by atoms with E-state index in [4.69, 9.17) is 9.15 Å². The van der Waals surface area contributed by atoms with E-state index in [1.807, 2.05) is 4.90 Å². The quantitative estimate of drug-likeness (QED) is 0.116. The summed E-state index contributed by atoms with van der Waals surface area (Å²) in [5, 5.41) is 8.53. The van der Waals surface area contributed by atoms with E-state index in [9.17, 15) is 37.5 Å². The van der Waals surface area contributed by atoms with Gasteiger partial charge in [-0.25, -0.2) is 18.6 Å². The molecule has 0 spiro atoms. The van der Waals surface area contributed by atoms with Gasteiger partial charge in [-0.3, -0.25) is 34.2 Å². The van der Waals surface area contributed by atoms with Gasteiger partial charge in [0.25, 0.3) is 11.8 Å². The number of halogens is 2. The maximum absolute atomic E-state index is 14.8. The SMILES string of the molecule is O=C1CCC(N2C(=O)c3cc(F)c(NCCOCCC(=O)N4CCN(c5ncc(F)c(Nc6ccc7oc(=O)ccc7c6)n5)CC4)cc3C2=O)C(=O)N1. The molecule has 4 aromatic rings. The standard InChI is InChI=1S/C35H32F2N8O8/c36-23-16-21-22(34(51)45(33(21)50)26-3-5-28(46)41-32(26)49)17-25(23)38-8-14-52-13-7-29(47)43-9-11-44(12-10-43)35-39-18-24(37)31(42-35)40-20-2-4-27-19(15-20)1-6-30(48)53-27/h1-2,4,6,15-18,26,38H,3,5,7-14H2,(H,39,40,42)(H,41,46,49). The summed E-state index contributed by atoms with van der Waals surface area (Å²) in [6.45, 7) is 1.97. The lowest BCUT2D eigenvalue weighted by Gasteiger charge is -2.34. The Bertz CT molecular complexity index is 2210. The Labute approximate surface area is 299 Å². The Kier molecular flexibility index (Phi) is 9.77. The summed E-state index contributed by atoms with van der Waals surface area (Å²) in [5.74, 6) is -4.09. The van der Waals surface area contributed by atoms with Crippen LogP contribution in [0.25, 0.3) is 11.0 Å². The minimum absolute atomic E-state index is 0.0109. The van der Waals surface area contributed by atoms with E-state index in [2.05, 4.69) is 25.9 Å². The Morgan fingerprint density at radius 1 is 0.943 bits per heavy atom. The number of anilines is 4. The van der Waals surface area contributed by atoms with Crippen molar-refractivity contribution in [2.45, 2.75) is 25.3 Å². The van der Waals surface area contributed by atoms with Gasteiger partial charge < -0.3 is 29.6 Å². The fraction of sp³-hybridized carbons (Fsp3) is 0.314. The van der Waals surface area contributed by atoms with Crippen molar-refractivity contribution in [1.82, 2.24) is 25.1 Å². The summed E-state index contributed by atoms with van der Waals surface area (Å²) in [7, 11) is 0. The van der Waals surface area contributed by atoms with E-state index in [0.717, 1.165) is 17.2 Å². The topological polar surface area (TPSA) is 196 Å². The van der Waals surface area contributed by atoms with Crippen molar-refractivity contribution >= 4 is 63.6 Å². The van der Waals surface area contributed by atoms with Crippen molar-refractivity contribution < 1.29 is 41.9 Å². The summed E-state index contributed by atoms with van der Waals surface area (Å²) in [6, 6.07) is 8.84. The molecule has 16 nitrogen and oxygen atoms in total. The van der Waals surface area contributed by atoms with Gasteiger partial charge in [0.15, 0.2) is 11.6 Å². The number of imide groups is 2. The fourth-order valence-corrected chi connectivity index (χ4v) is 6.34. The number of nitrogens with zero attached hydrogens (tertiary/aromatic N) is 5. The van der Waals surface area contributed by atoms with Crippen LogP contribution in [-0.2, 0) is 19.1 Å². The summed E-state index contributed by atoms with van der Waals surface area (Å²) >= 11 is 0. The molecule has 274 valence electrons. The second kappa shape index (κ2) is 14.7. The van der Waals surface area contributed by atoms with E-state index in [0.29, 0.717) is 48.8 Å². The average Bonchev–Trinajstić information content (AvgIpc) is 3.38. The van der Waals surface area contributed by atoms with Gasteiger partial charge in [-0.1, -0.05) is 0 Å². The lowest BCUT2D eigenvalue weighted by Crippen LogP contribution is -2.54. The Morgan fingerprint density at radius 2 is 1.72 bits per heavy atom. The van der Waals surface area contributed by atoms with Crippen LogP contribution in [-0.4, -0.2) is 101 Å². The molecule has 2 aromatic carbocycles. The molecular weight excluding hydrogens is 698 g/mol. The number of rotatable bonds is 11. The molecule has 0 aliphatic carbocycles. The second-order valence-electron chi connectivity index (χ2n) is 12.5. The van der Waals surface area contributed by atoms with E-state index in [1.165, 1.54) is 12.1 Å². The summed E-state index contributed by atoms with van der Waals surface area (Å²) < 4.78 is 40.2. The van der Waals surface area contributed by atoms with Gasteiger partial charge in [0.05, 0.1) is 42.6 Å². The minimum Gasteiger partial charge on any atom is -0.423 e. The molecule has 1 atom stereocenters. The molecule has 2 fully saturated rings. The number of fused-ring (bicyclic) bond motifs is 2. The van der Waals surface area contributed by atoms with Crippen LogP contribution in [0.15, 0.2) is 57.9 Å². The first kappa shape index (κ1) is 35.1. The first-order valence-corrected chi connectivity index (χ1v) is 16.8. The van der Waals surface area contributed by atoms with Crippen LogP contribution in [0.4, 0.5) is 31.9 Å². The van der Waals surface area contributed by atoms with Gasteiger partial charge in [-0.15, -0.1) is 0 Å². The molecule has 2 aromatic heterocycles. The van der Waals surface area contributed by atoms with Crippen LogP contribution < -0.4 is 26.5 Å². The predicted octanol–water partition coefficient (Wildman–Crippen LogP) is 2.17. The zero-order chi connectivity index (χ0) is 37.2. The third-order valence-corrected chi connectivity index (χ3v) is 9.08. The second-order valence-corrected chi connectivity index (χ2v) is 12.5. The minimum atomic E-state index is -1.16. The summed E-state index contributed by atoms with van der Waals surface area (Å²) in [4.78, 5) is 86.7. The fourth-order valence-electron chi connectivity index (χ4n) is 6.34. The number of ether oxygens (including phenoxy) is 1. The highest BCUT2D eigenvalue weighted by Crippen LogP contribution is 2.31. The molecule has 3 aliphatic rings. The molecule has 3 aliphatic heterocycles. The van der Waals surface area contributed by atoms with Crippen molar-refractivity contribution in [3.63, 3.8) is 0 Å². The number of carbonyl (C=O) groups is 5. The van der Waals surface area contributed by atoms with Crippen molar-refractivity contribution in [2.75, 3.05) is 61.5 Å². The highest BCUT2D eigenvalue weighted by molar-refractivity contribution is 6.23. The molecule has 7 rings (SSSR count). The third-order valence-electron chi connectivity index (χ3n) is 9.08. The van der Waals surface area contributed by atoms with Gasteiger partial charge in [0.1, 0.15) is 17.4 Å². The van der Waals surface area contributed by atoms with E-state index < -0.39 is 46.9 Å². The Morgan fingerprint density at radius 3 is 2.49 bits per heavy atom. The summed E-state index contributed by atoms with van der Waals surface area (Å²) in [6.07, 6.45) is 1.14. The van der Waals surface area contributed by atoms with Gasteiger partial charge in [0.2, 0.25) is 23.7 Å². The van der Waals surface area contributed by atoms with E-state index in [-0.39, 0.29) is 67.6 Å². The van der Waals surface area contributed by atoms with E-state index in [1.54, 1.807) is 29.2 Å². The lowest BCUT2D eigenvalue weighted by atomic mass is 10.0. The molecule has 53 heavy (non-hydrogen) atoms. The lowest BCUT2D eigenvalue weighted by molar-refractivity contribution is -0.136. The zero-order valence-corrected chi connectivity index (χ0v) is 28.0. The number of nitrogens with one attached hydrogen (secondary N) is 3. The van der Waals surface area contributed by atoms with Crippen LogP contribution in [0.2, 0.25) is 0 Å². The van der Waals surface area contributed by atoms with Crippen LogP contribution >= 0.6 is 0 Å². The predicted molar refractivity (Wildman–Crippen MR) is 184 cm³/mol.